The second-order valence-corrected chi connectivity index (χ2v) is 6.29. The van der Waals surface area contributed by atoms with Crippen LogP contribution >= 0.6 is 0 Å². The average Bonchev–Trinajstić information content (AvgIpc) is 2.92. The van der Waals surface area contributed by atoms with E-state index < -0.39 is 17.7 Å². The molecule has 24 heavy (non-hydrogen) atoms. The number of anilines is 2. The monoisotopic (exact) mass is 332 g/mol. The number of para-hydroxylation sites is 2. The Balaban J connectivity index is 1.80. The summed E-state index contributed by atoms with van der Waals surface area (Å²) in [5.74, 6) is -2.70. The van der Waals surface area contributed by atoms with Crippen LogP contribution in [0.15, 0.2) is 36.0 Å². The maximum absolute atomic E-state index is 12.0. The molecule has 3 rings (SSSR count). The van der Waals surface area contributed by atoms with Gasteiger partial charge in [-0.3, -0.25) is 0 Å². The Bertz CT molecular complexity index is 676. The first-order valence-corrected chi connectivity index (χ1v) is 7.81. The Hall–Kier alpha value is -2.54. The fraction of sp³-hybridized carbons (Fsp3) is 0.412. The van der Waals surface area contributed by atoms with E-state index >= 15 is 0 Å². The van der Waals surface area contributed by atoms with E-state index in [-0.39, 0.29) is 11.7 Å². The van der Waals surface area contributed by atoms with Crippen molar-refractivity contribution in [2.24, 2.45) is 0 Å². The molecule has 0 saturated carbocycles. The summed E-state index contributed by atoms with van der Waals surface area (Å²) in [6.07, 6.45) is 1.66. The largest absolute Gasteiger partial charge is 0.419 e. The maximum atomic E-state index is 12.0. The van der Waals surface area contributed by atoms with E-state index in [9.17, 15) is 14.7 Å². The van der Waals surface area contributed by atoms with Crippen LogP contribution in [-0.2, 0) is 19.1 Å². The summed E-state index contributed by atoms with van der Waals surface area (Å²) in [7, 11) is 0. The summed E-state index contributed by atoms with van der Waals surface area (Å²) in [6.45, 7) is 4.30. The van der Waals surface area contributed by atoms with Crippen molar-refractivity contribution in [1.82, 2.24) is 0 Å². The van der Waals surface area contributed by atoms with Gasteiger partial charge < -0.3 is 24.8 Å². The van der Waals surface area contributed by atoms with Crippen LogP contribution in [0, 0.1) is 0 Å². The fourth-order valence-corrected chi connectivity index (χ4v) is 2.76. The number of cyclic esters (lactones) is 2. The zero-order valence-electron chi connectivity index (χ0n) is 13.6. The maximum Gasteiger partial charge on any atom is 0.350 e. The summed E-state index contributed by atoms with van der Waals surface area (Å²) < 4.78 is 10.1. The lowest BCUT2D eigenvalue weighted by Crippen LogP contribution is -2.42. The van der Waals surface area contributed by atoms with Gasteiger partial charge in [-0.25, -0.2) is 9.59 Å². The topological polar surface area (TPSA) is 88.1 Å². The van der Waals surface area contributed by atoms with Gasteiger partial charge in [0, 0.05) is 33.1 Å². The second-order valence-electron chi connectivity index (χ2n) is 6.29. The number of carbonyl (C=O) groups excluding carboxylic acids is 2. The lowest BCUT2D eigenvalue weighted by Gasteiger charge is -2.29. The number of esters is 2. The molecule has 0 spiro atoms. The van der Waals surface area contributed by atoms with Crippen LogP contribution < -0.4 is 10.2 Å². The number of nitrogens with zero attached hydrogens (tertiary/aromatic N) is 1. The first kappa shape index (κ1) is 16.3. The van der Waals surface area contributed by atoms with Crippen LogP contribution in [-0.4, -0.2) is 42.0 Å². The van der Waals surface area contributed by atoms with Crippen LogP contribution in [0.2, 0.25) is 0 Å². The number of aliphatic hydroxyl groups excluding tert-OH is 1. The zero-order chi connectivity index (χ0) is 17.3. The molecule has 2 N–H and O–H groups in total. The number of ether oxygens (including phenoxy) is 2. The molecule has 128 valence electrons. The Morgan fingerprint density at radius 3 is 2.54 bits per heavy atom. The molecule has 0 amide bonds. The molecule has 0 aromatic heterocycles. The summed E-state index contributed by atoms with van der Waals surface area (Å²) in [6, 6.07) is 7.49. The molecule has 2 saturated heterocycles. The number of β-amino-alcohol motifs (C(OH)–C–C–N with tert-alkyl or cyclic N) is 1. The molecule has 7 nitrogen and oxygen atoms in total. The highest BCUT2D eigenvalue weighted by Gasteiger charge is 2.39. The zero-order valence-corrected chi connectivity index (χ0v) is 13.6. The van der Waals surface area contributed by atoms with Gasteiger partial charge >= 0.3 is 11.9 Å². The number of carbonyl (C=O) groups is 2. The van der Waals surface area contributed by atoms with E-state index in [1.807, 2.05) is 29.2 Å². The molecule has 1 unspecified atom stereocenters. The third kappa shape index (κ3) is 3.35. The van der Waals surface area contributed by atoms with E-state index in [2.05, 4.69) is 5.32 Å². The van der Waals surface area contributed by atoms with Gasteiger partial charge in [-0.05, 0) is 18.6 Å². The molecule has 1 aromatic carbocycles. The number of hydrogen-bond acceptors (Lipinski definition) is 7. The summed E-state index contributed by atoms with van der Waals surface area (Å²) in [5.41, 5.74) is 1.43. The quantitative estimate of drug-likeness (QED) is 0.491. The molecule has 2 heterocycles. The second kappa shape index (κ2) is 6.16. The molecule has 0 bridgehead atoms. The minimum atomic E-state index is -1.25. The molecule has 2 aliphatic rings. The first-order chi connectivity index (χ1) is 11.4. The van der Waals surface area contributed by atoms with Gasteiger partial charge in [0.1, 0.15) is 0 Å². The van der Waals surface area contributed by atoms with E-state index in [1.54, 1.807) is 0 Å². The Morgan fingerprint density at radius 2 is 1.92 bits per heavy atom. The van der Waals surface area contributed by atoms with E-state index in [4.69, 9.17) is 9.47 Å². The van der Waals surface area contributed by atoms with Crippen molar-refractivity contribution in [3.63, 3.8) is 0 Å². The lowest BCUT2D eigenvalue weighted by molar-refractivity contribution is -0.222. The number of aliphatic hydroxyl groups is 1. The minimum Gasteiger partial charge on any atom is -0.419 e. The van der Waals surface area contributed by atoms with Crippen LogP contribution in [0.25, 0.3) is 0 Å². The molecule has 7 heteroatoms. The Morgan fingerprint density at radius 1 is 1.25 bits per heavy atom. The minimum absolute atomic E-state index is 0.189. The van der Waals surface area contributed by atoms with Crippen molar-refractivity contribution < 1.29 is 24.2 Å². The number of benzene rings is 1. The van der Waals surface area contributed by atoms with Crippen molar-refractivity contribution in [2.75, 3.05) is 23.3 Å². The Kier molecular flexibility index (Phi) is 4.19. The predicted molar refractivity (Wildman–Crippen MR) is 87.2 cm³/mol. The van der Waals surface area contributed by atoms with E-state index in [0.29, 0.717) is 13.0 Å². The van der Waals surface area contributed by atoms with Crippen LogP contribution in [0.4, 0.5) is 11.4 Å². The van der Waals surface area contributed by atoms with Gasteiger partial charge in [0.05, 0.1) is 17.5 Å². The smallest absolute Gasteiger partial charge is 0.350 e. The lowest BCUT2D eigenvalue weighted by atomic mass is 10.2. The SMILES string of the molecule is CC1(C)OC(=O)C(=CNc2ccccc2N2CCC(O)C2)C(=O)O1. The number of hydrogen-bond donors (Lipinski definition) is 2. The molecular weight excluding hydrogens is 312 g/mol. The van der Waals surface area contributed by atoms with Gasteiger partial charge in [0.2, 0.25) is 0 Å². The van der Waals surface area contributed by atoms with E-state index in [0.717, 1.165) is 17.9 Å². The number of rotatable bonds is 3. The fourth-order valence-electron chi connectivity index (χ4n) is 2.76. The van der Waals surface area contributed by atoms with Crippen molar-refractivity contribution >= 4 is 23.3 Å². The van der Waals surface area contributed by atoms with Crippen molar-refractivity contribution in [3.8, 4) is 0 Å². The molecule has 2 fully saturated rings. The third-order valence-corrected chi connectivity index (χ3v) is 3.90. The molecule has 2 aliphatic heterocycles. The normalized spacial score (nSPS) is 22.9. The van der Waals surface area contributed by atoms with Crippen molar-refractivity contribution in [2.45, 2.75) is 32.2 Å². The number of nitrogens with one attached hydrogen (secondary N) is 1. The molecule has 0 radical (unpaired) electrons. The van der Waals surface area contributed by atoms with E-state index in [1.165, 1.54) is 20.0 Å². The van der Waals surface area contributed by atoms with Gasteiger partial charge in [0.15, 0.2) is 5.57 Å². The molecule has 1 aromatic rings. The summed E-state index contributed by atoms with van der Waals surface area (Å²) in [4.78, 5) is 25.9. The highest BCUT2D eigenvalue weighted by Crippen LogP contribution is 2.29. The molecular formula is C17H20N2O5. The average molecular weight is 332 g/mol. The highest BCUT2D eigenvalue weighted by molar-refractivity contribution is 6.15. The molecule has 1 atom stereocenters. The van der Waals surface area contributed by atoms with Gasteiger partial charge in [-0.2, -0.15) is 0 Å². The van der Waals surface area contributed by atoms with Crippen LogP contribution in [0.1, 0.15) is 20.3 Å². The predicted octanol–water partition coefficient (Wildman–Crippen LogP) is 1.39. The first-order valence-electron chi connectivity index (χ1n) is 7.81. The Labute approximate surface area is 139 Å². The van der Waals surface area contributed by atoms with Crippen LogP contribution in [0.5, 0.6) is 0 Å². The van der Waals surface area contributed by atoms with Gasteiger partial charge in [-0.1, -0.05) is 12.1 Å². The third-order valence-electron chi connectivity index (χ3n) is 3.90. The summed E-state index contributed by atoms with van der Waals surface area (Å²) >= 11 is 0. The highest BCUT2D eigenvalue weighted by atomic mass is 16.7. The molecule has 0 aliphatic carbocycles. The van der Waals surface area contributed by atoms with Gasteiger partial charge in [0.25, 0.3) is 5.79 Å². The van der Waals surface area contributed by atoms with Gasteiger partial charge in [-0.15, -0.1) is 0 Å². The summed E-state index contributed by atoms with van der Waals surface area (Å²) in [5, 5.41) is 12.7. The van der Waals surface area contributed by atoms with Crippen molar-refractivity contribution in [3.05, 3.63) is 36.0 Å². The standard InChI is InChI=1S/C17H20N2O5/c1-17(2)23-15(21)12(16(22)24-17)9-18-13-5-3-4-6-14(13)19-8-7-11(20)10-19/h3-6,9,11,18,20H,7-8,10H2,1-2H3. The van der Waals surface area contributed by atoms with Crippen LogP contribution in [0.3, 0.4) is 0 Å². The van der Waals surface area contributed by atoms with Crippen molar-refractivity contribution in [1.29, 1.82) is 0 Å².